The molecular weight excluding hydrogens is 230 g/mol. The van der Waals surface area contributed by atoms with Crippen molar-refractivity contribution in [1.29, 1.82) is 0 Å². The molecule has 16 heavy (non-hydrogen) atoms. The number of nitrogens with two attached hydrogens (primary N) is 1. The number of hydrogen-bond donors (Lipinski definition) is 2. The number of thioether (sulfide) groups is 1. The molecule has 0 aliphatic heterocycles. The Morgan fingerprint density at radius 2 is 1.81 bits per heavy atom. The van der Waals surface area contributed by atoms with Crippen molar-refractivity contribution >= 4 is 11.8 Å². The summed E-state index contributed by atoms with van der Waals surface area (Å²) in [7, 11) is 0. The minimum absolute atomic E-state index is 0.238. The summed E-state index contributed by atoms with van der Waals surface area (Å²) in [6.07, 6.45) is 0. The van der Waals surface area contributed by atoms with E-state index in [1.54, 1.807) is 11.8 Å². The van der Waals surface area contributed by atoms with Crippen molar-refractivity contribution < 1.29 is 8.78 Å². The molecule has 2 nitrogen and oxygen atoms in total. The molecular formula is C11H16F2N2S. The third kappa shape index (κ3) is 4.08. The van der Waals surface area contributed by atoms with Crippen LogP contribution in [0.25, 0.3) is 0 Å². The van der Waals surface area contributed by atoms with Crippen LogP contribution in [0.15, 0.2) is 18.2 Å². The summed E-state index contributed by atoms with van der Waals surface area (Å²) in [4.78, 5) is 0. The smallest absolute Gasteiger partial charge is 0.126 e. The summed E-state index contributed by atoms with van der Waals surface area (Å²) >= 11 is 1.68. The SMILES string of the molecule is CC(C)SCC(NN)c1cc(F)cc(F)c1. The highest BCUT2D eigenvalue weighted by Gasteiger charge is 2.12. The third-order valence-electron chi connectivity index (χ3n) is 2.08. The lowest BCUT2D eigenvalue weighted by Gasteiger charge is -2.17. The minimum atomic E-state index is -0.579. The largest absolute Gasteiger partial charge is 0.271 e. The van der Waals surface area contributed by atoms with Gasteiger partial charge < -0.3 is 0 Å². The summed E-state index contributed by atoms with van der Waals surface area (Å²) in [6.45, 7) is 4.12. The topological polar surface area (TPSA) is 38.0 Å². The highest BCUT2D eigenvalue weighted by atomic mass is 32.2. The second-order valence-electron chi connectivity index (χ2n) is 3.80. The molecule has 0 amide bonds. The number of hydrogen-bond acceptors (Lipinski definition) is 3. The average molecular weight is 246 g/mol. The second-order valence-corrected chi connectivity index (χ2v) is 5.41. The lowest BCUT2D eigenvalue weighted by molar-refractivity contribution is 0.559. The van der Waals surface area contributed by atoms with E-state index in [1.165, 1.54) is 12.1 Å². The van der Waals surface area contributed by atoms with Gasteiger partial charge in [0.15, 0.2) is 0 Å². The first-order valence-electron chi connectivity index (χ1n) is 5.06. The van der Waals surface area contributed by atoms with Crippen molar-refractivity contribution in [2.24, 2.45) is 5.84 Å². The van der Waals surface area contributed by atoms with E-state index >= 15 is 0 Å². The number of halogens is 2. The Kier molecular flexibility index (Phi) is 5.18. The Bertz CT molecular complexity index is 325. The van der Waals surface area contributed by atoms with Crippen molar-refractivity contribution in [2.75, 3.05) is 5.75 Å². The molecule has 1 aromatic rings. The summed E-state index contributed by atoms with van der Waals surface area (Å²) in [5, 5.41) is 0.453. The van der Waals surface area contributed by atoms with Crippen molar-refractivity contribution in [3.8, 4) is 0 Å². The molecule has 5 heteroatoms. The first-order valence-corrected chi connectivity index (χ1v) is 6.11. The normalized spacial score (nSPS) is 13.1. The molecule has 0 aliphatic carbocycles. The van der Waals surface area contributed by atoms with Crippen molar-refractivity contribution in [3.63, 3.8) is 0 Å². The van der Waals surface area contributed by atoms with Gasteiger partial charge in [0, 0.05) is 11.8 Å². The van der Waals surface area contributed by atoms with Crippen LogP contribution in [-0.2, 0) is 0 Å². The third-order valence-corrected chi connectivity index (χ3v) is 3.28. The van der Waals surface area contributed by atoms with Gasteiger partial charge in [-0.05, 0) is 22.9 Å². The first kappa shape index (κ1) is 13.4. The summed E-state index contributed by atoms with van der Waals surface area (Å²) in [5.41, 5.74) is 3.11. The molecule has 1 aromatic carbocycles. The Morgan fingerprint density at radius 1 is 1.25 bits per heavy atom. The van der Waals surface area contributed by atoms with Gasteiger partial charge in [-0.3, -0.25) is 11.3 Å². The van der Waals surface area contributed by atoms with Gasteiger partial charge in [-0.2, -0.15) is 11.8 Å². The van der Waals surface area contributed by atoms with E-state index in [9.17, 15) is 8.78 Å². The van der Waals surface area contributed by atoms with Crippen molar-refractivity contribution in [3.05, 3.63) is 35.4 Å². The number of hydrazine groups is 1. The number of benzene rings is 1. The number of rotatable bonds is 5. The molecule has 3 N–H and O–H groups in total. The van der Waals surface area contributed by atoms with Crippen LogP contribution in [0.4, 0.5) is 8.78 Å². The maximum Gasteiger partial charge on any atom is 0.126 e. The summed E-state index contributed by atoms with van der Waals surface area (Å²) in [6, 6.07) is 3.22. The molecule has 1 rings (SSSR count). The Hall–Kier alpha value is -0.650. The van der Waals surface area contributed by atoms with E-state index in [0.29, 0.717) is 16.6 Å². The standard InChI is InChI=1S/C11H16F2N2S/c1-7(2)16-6-11(15-14)8-3-9(12)5-10(13)4-8/h3-5,7,11,15H,6,14H2,1-2H3. The molecule has 1 unspecified atom stereocenters. The van der Waals surface area contributed by atoms with E-state index in [-0.39, 0.29) is 6.04 Å². The lowest BCUT2D eigenvalue weighted by atomic mass is 10.1. The van der Waals surface area contributed by atoms with Gasteiger partial charge in [-0.25, -0.2) is 8.78 Å². The van der Waals surface area contributed by atoms with Crippen LogP contribution >= 0.6 is 11.8 Å². The lowest BCUT2D eigenvalue weighted by Crippen LogP contribution is -2.30. The second kappa shape index (κ2) is 6.18. The highest BCUT2D eigenvalue weighted by Crippen LogP contribution is 2.22. The van der Waals surface area contributed by atoms with E-state index in [0.717, 1.165) is 6.07 Å². The molecule has 0 radical (unpaired) electrons. The zero-order chi connectivity index (χ0) is 12.1. The van der Waals surface area contributed by atoms with Crippen LogP contribution in [0.3, 0.4) is 0 Å². The highest BCUT2D eigenvalue weighted by molar-refractivity contribution is 7.99. The minimum Gasteiger partial charge on any atom is -0.271 e. The fourth-order valence-corrected chi connectivity index (χ4v) is 2.17. The van der Waals surface area contributed by atoms with Gasteiger partial charge in [-0.15, -0.1) is 0 Å². The van der Waals surface area contributed by atoms with Gasteiger partial charge in [0.2, 0.25) is 0 Å². The Balaban J connectivity index is 2.78. The first-order chi connectivity index (χ1) is 7.52. The maximum absolute atomic E-state index is 13.0. The zero-order valence-corrected chi connectivity index (χ0v) is 10.2. The molecule has 0 aromatic heterocycles. The average Bonchev–Trinajstić information content (AvgIpc) is 2.16. The van der Waals surface area contributed by atoms with Gasteiger partial charge in [-0.1, -0.05) is 13.8 Å². The fraction of sp³-hybridized carbons (Fsp3) is 0.455. The Morgan fingerprint density at radius 3 is 2.25 bits per heavy atom. The van der Waals surface area contributed by atoms with Crippen LogP contribution in [-0.4, -0.2) is 11.0 Å². The van der Waals surface area contributed by atoms with Gasteiger partial charge in [0.1, 0.15) is 11.6 Å². The summed E-state index contributed by atoms with van der Waals surface area (Å²) < 4.78 is 26.0. The van der Waals surface area contributed by atoms with Crippen molar-refractivity contribution in [1.82, 2.24) is 5.43 Å². The van der Waals surface area contributed by atoms with Crippen LogP contribution in [0.5, 0.6) is 0 Å². The van der Waals surface area contributed by atoms with Crippen molar-refractivity contribution in [2.45, 2.75) is 25.1 Å². The van der Waals surface area contributed by atoms with E-state index in [2.05, 4.69) is 19.3 Å². The predicted octanol–water partition coefficient (Wildman–Crippen LogP) is 2.61. The molecule has 0 heterocycles. The quantitative estimate of drug-likeness (QED) is 0.619. The van der Waals surface area contributed by atoms with Gasteiger partial charge in [0.05, 0.1) is 6.04 Å². The van der Waals surface area contributed by atoms with E-state index in [1.807, 2.05) is 0 Å². The maximum atomic E-state index is 13.0. The van der Waals surface area contributed by atoms with Crippen LogP contribution in [0.2, 0.25) is 0 Å². The van der Waals surface area contributed by atoms with Crippen LogP contribution in [0, 0.1) is 11.6 Å². The van der Waals surface area contributed by atoms with Crippen LogP contribution in [0.1, 0.15) is 25.5 Å². The Labute approximate surface area is 98.6 Å². The van der Waals surface area contributed by atoms with E-state index < -0.39 is 11.6 Å². The molecule has 0 aliphatic rings. The molecule has 1 atom stereocenters. The van der Waals surface area contributed by atoms with Gasteiger partial charge >= 0.3 is 0 Å². The molecule has 0 spiro atoms. The zero-order valence-electron chi connectivity index (χ0n) is 9.34. The molecule has 0 fully saturated rings. The monoisotopic (exact) mass is 246 g/mol. The predicted molar refractivity (Wildman–Crippen MR) is 64.0 cm³/mol. The molecule has 0 bridgehead atoms. The molecule has 0 saturated heterocycles. The summed E-state index contributed by atoms with van der Waals surface area (Å²) in [5.74, 6) is 4.90. The van der Waals surface area contributed by atoms with Gasteiger partial charge in [0.25, 0.3) is 0 Å². The fourth-order valence-electron chi connectivity index (χ4n) is 1.31. The molecule has 0 saturated carbocycles. The van der Waals surface area contributed by atoms with Crippen LogP contribution < -0.4 is 11.3 Å². The number of nitrogens with one attached hydrogen (secondary N) is 1. The molecule has 90 valence electrons. The van der Waals surface area contributed by atoms with E-state index in [4.69, 9.17) is 5.84 Å².